The van der Waals surface area contributed by atoms with Crippen LogP contribution in [0.5, 0.6) is 5.75 Å². The van der Waals surface area contributed by atoms with Crippen LogP contribution in [0.1, 0.15) is 15.9 Å². The molecule has 17 heavy (non-hydrogen) atoms. The molecule has 0 saturated carbocycles. The molecule has 1 amide bonds. The normalized spacial score (nSPS) is 9.53. The van der Waals surface area contributed by atoms with Crippen LogP contribution in [0.4, 0.5) is 0 Å². The number of halogens is 1. The fraction of sp³-hybridized carbons (Fsp3) is 0.273. The quantitative estimate of drug-likeness (QED) is 0.835. The van der Waals surface area contributed by atoms with Crippen molar-refractivity contribution in [2.45, 2.75) is 0 Å². The molecule has 1 aromatic carbocycles. The largest absolute Gasteiger partial charge is 0.496 e. The van der Waals surface area contributed by atoms with Crippen LogP contribution in [0.25, 0.3) is 0 Å². The van der Waals surface area contributed by atoms with Gasteiger partial charge in [0.05, 0.1) is 23.3 Å². The number of nitrogens with two attached hydrogens (primary N) is 1. The van der Waals surface area contributed by atoms with Gasteiger partial charge in [-0.3, -0.25) is 4.79 Å². The van der Waals surface area contributed by atoms with Gasteiger partial charge in [0.25, 0.3) is 5.91 Å². The summed E-state index contributed by atoms with van der Waals surface area (Å²) < 4.78 is 5.04. The van der Waals surface area contributed by atoms with Crippen molar-refractivity contribution in [3.63, 3.8) is 0 Å². The van der Waals surface area contributed by atoms with Crippen molar-refractivity contribution in [1.82, 2.24) is 5.32 Å². The van der Waals surface area contributed by atoms with Gasteiger partial charge in [0, 0.05) is 19.2 Å². The van der Waals surface area contributed by atoms with Gasteiger partial charge < -0.3 is 15.8 Å². The number of nitriles is 1. The Balaban J connectivity index is 3.13. The molecule has 0 aliphatic carbocycles. The van der Waals surface area contributed by atoms with E-state index in [-0.39, 0.29) is 22.1 Å². The lowest BCUT2D eigenvalue weighted by atomic mass is 10.1. The van der Waals surface area contributed by atoms with E-state index >= 15 is 0 Å². The first-order chi connectivity index (χ1) is 8.13. The Labute approximate surface area is 104 Å². The zero-order valence-corrected chi connectivity index (χ0v) is 10.0. The average molecular weight is 254 g/mol. The number of amides is 1. The fourth-order valence-corrected chi connectivity index (χ4v) is 1.46. The highest BCUT2D eigenvalue weighted by atomic mass is 35.5. The second kappa shape index (κ2) is 6.09. The van der Waals surface area contributed by atoms with E-state index in [0.29, 0.717) is 18.8 Å². The van der Waals surface area contributed by atoms with Crippen LogP contribution < -0.4 is 15.8 Å². The summed E-state index contributed by atoms with van der Waals surface area (Å²) in [7, 11) is 1.43. The molecule has 0 heterocycles. The van der Waals surface area contributed by atoms with Gasteiger partial charge in [0.15, 0.2) is 0 Å². The van der Waals surface area contributed by atoms with Crippen molar-refractivity contribution >= 4 is 17.5 Å². The Morgan fingerprint density at radius 1 is 1.65 bits per heavy atom. The maximum absolute atomic E-state index is 11.8. The first-order valence-electron chi connectivity index (χ1n) is 4.90. The van der Waals surface area contributed by atoms with Crippen molar-refractivity contribution in [1.29, 1.82) is 5.26 Å². The number of hydrogen-bond acceptors (Lipinski definition) is 4. The number of rotatable bonds is 4. The minimum atomic E-state index is -0.347. The van der Waals surface area contributed by atoms with Crippen molar-refractivity contribution in [3.05, 3.63) is 28.3 Å². The van der Waals surface area contributed by atoms with E-state index in [0.717, 1.165) is 0 Å². The first kappa shape index (κ1) is 13.3. The van der Waals surface area contributed by atoms with Crippen LogP contribution in [0, 0.1) is 11.3 Å². The minimum Gasteiger partial charge on any atom is -0.496 e. The molecular formula is C11H12ClN3O2. The van der Waals surface area contributed by atoms with E-state index in [4.69, 9.17) is 27.3 Å². The summed E-state index contributed by atoms with van der Waals surface area (Å²) in [5.74, 6) is -0.0241. The topological polar surface area (TPSA) is 88.1 Å². The lowest BCUT2D eigenvalue weighted by Crippen LogP contribution is -2.29. The molecule has 0 spiro atoms. The van der Waals surface area contributed by atoms with E-state index in [1.165, 1.54) is 19.2 Å². The lowest BCUT2D eigenvalue weighted by molar-refractivity contribution is 0.0951. The van der Waals surface area contributed by atoms with Crippen LogP contribution in [-0.2, 0) is 0 Å². The van der Waals surface area contributed by atoms with Crippen LogP contribution in [-0.4, -0.2) is 26.1 Å². The zero-order chi connectivity index (χ0) is 12.8. The predicted octanol–water partition coefficient (Wildman–Crippen LogP) is 0.909. The van der Waals surface area contributed by atoms with Gasteiger partial charge in [-0.15, -0.1) is 0 Å². The summed E-state index contributed by atoms with van der Waals surface area (Å²) in [4.78, 5) is 11.8. The molecule has 0 saturated heterocycles. The molecule has 0 unspecified atom stereocenters. The van der Waals surface area contributed by atoms with E-state index < -0.39 is 0 Å². The van der Waals surface area contributed by atoms with Gasteiger partial charge in [0.1, 0.15) is 11.8 Å². The third-order valence-corrected chi connectivity index (χ3v) is 2.40. The van der Waals surface area contributed by atoms with Gasteiger partial charge in [-0.25, -0.2) is 0 Å². The molecule has 3 N–H and O–H groups in total. The molecule has 0 aromatic heterocycles. The Kier molecular flexibility index (Phi) is 4.76. The second-order valence-electron chi connectivity index (χ2n) is 3.19. The second-order valence-corrected chi connectivity index (χ2v) is 3.60. The molecule has 0 bridgehead atoms. The summed E-state index contributed by atoms with van der Waals surface area (Å²) >= 11 is 5.84. The molecule has 0 fully saturated rings. The molecule has 1 rings (SSSR count). The van der Waals surface area contributed by atoms with Crippen molar-refractivity contribution in [2.24, 2.45) is 5.73 Å². The van der Waals surface area contributed by atoms with Gasteiger partial charge in [-0.05, 0) is 6.07 Å². The molecule has 0 aliphatic rings. The van der Waals surface area contributed by atoms with E-state index in [9.17, 15) is 4.79 Å². The Bertz CT molecular complexity index is 469. The maximum atomic E-state index is 11.8. The highest BCUT2D eigenvalue weighted by molar-refractivity contribution is 6.32. The summed E-state index contributed by atoms with van der Waals surface area (Å²) in [6.07, 6.45) is 0. The average Bonchev–Trinajstić information content (AvgIpc) is 2.35. The third-order valence-electron chi connectivity index (χ3n) is 2.08. The van der Waals surface area contributed by atoms with Crippen molar-refractivity contribution in [3.8, 4) is 11.8 Å². The number of benzene rings is 1. The van der Waals surface area contributed by atoms with Gasteiger partial charge in [-0.1, -0.05) is 11.6 Å². The number of nitrogens with zero attached hydrogens (tertiary/aromatic N) is 1. The Morgan fingerprint density at radius 3 is 2.88 bits per heavy atom. The molecule has 0 radical (unpaired) electrons. The number of ether oxygens (including phenoxy) is 1. The fourth-order valence-electron chi connectivity index (χ4n) is 1.27. The Morgan fingerprint density at radius 2 is 2.35 bits per heavy atom. The molecule has 0 atom stereocenters. The van der Waals surface area contributed by atoms with Gasteiger partial charge in [0.2, 0.25) is 0 Å². The molecule has 5 nitrogen and oxygen atoms in total. The predicted molar refractivity (Wildman–Crippen MR) is 64.1 cm³/mol. The van der Waals surface area contributed by atoms with Crippen LogP contribution in [0.3, 0.4) is 0 Å². The lowest BCUT2D eigenvalue weighted by Gasteiger charge is -2.10. The zero-order valence-electron chi connectivity index (χ0n) is 9.29. The van der Waals surface area contributed by atoms with Crippen molar-refractivity contribution < 1.29 is 9.53 Å². The van der Waals surface area contributed by atoms with Gasteiger partial charge in [-0.2, -0.15) is 5.26 Å². The molecule has 1 aromatic rings. The number of methoxy groups -OCH3 is 1. The smallest absolute Gasteiger partial charge is 0.255 e. The standard InChI is InChI=1S/C11H12ClN3O2/c1-17-10-5-9(12)7(6-14)4-8(10)11(16)15-3-2-13/h4-5H,2-3,13H2,1H3,(H,15,16). The monoisotopic (exact) mass is 253 g/mol. The number of nitrogens with one attached hydrogen (secondary N) is 1. The van der Waals surface area contributed by atoms with Crippen molar-refractivity contribution in [2.75, 3.05) is 20.2 Å². The summed E-state index contributed by atoms with van der Waals surface area (Å²) in [5.41, 5.74) is 5.78. The molecular weight excluding hydrogens is 242 g/mol. The van der Waals surface area contributed by atoms with Crippen LogP contribution in [0.2, 0.25) is 5.02 Å². The highest BCUT2D eigenvalue weighted by Gasteiger charge is 2.15. The Hall–Kier alpha value is -1.77. The van der Waals surface area contributed by atoms with Crippen LogP contribution in [0.15, 0.2) is 12.1 Å². The van der Waals surface area contributed by atoms with E-state index in [1.54, 1.807) is 0 Å². The summed E-state index contributed by atoms with van der Waals surface area (Å²) in [6.45, 7) is 0.694. The summed E-state index contributed by atoms with van der Waals surface area (Å²) in [5, 5.41) is 11.7. The SMILES string of the molecule is COc1cc(Cl)c(C#N)cc1C(=O)NCCN. The highest BCUT2D eigenvalue weighted by Crippen LogP contribution is 2.26. The number of carbonyl (C=O) groups excluding carboxylic acids is 1. The third kappa shape index (κ3) is 3.09. The molecule has 90 valence electrons. The van der Waals surface area contributed by atoms with Gasteiger partial charge >= 0.3 is 0 Å². The minimum absolute atomic E-state index is 0.227. The van der Waals surface area contributed by atoms with E-state index in [1.807, 2.05) is 6.07 Å². The molecule has 0 aliphatic heterocycles. The van der Waals surface area contributed by atoms with Crippen LogP contribution >= 0.6 is 11.6 Å². The molecule has 6 heteroatoms. The van der Waals surface area contributed by atoms with E-state index in [2.05, 4.69) is 5.32 Å². The number of carbonyl (C=O) groups is 1. The number of hydrogen-bond donors (Lipinski definition) is 2. The maximum Gasteiger partial charge on any atom is 0.255 e. The first-order valence-corrected chi connectivity index (χ1v) is 5.27. The summed E-state index contributed by atoms with van der Waals surface area (Å²) in [6, 6.07) is 4.74.